The molecule has 0 amide bonds. The molecule has 0 aliphatic heterocycles. The Labute approximate surface area is 112 Å². The number of aliphatic hydroxyl groups excluding tert-OH is 1. The fourth-order valence-corrected chi connectivity index (χ4v) is 2.77. The Bertz CT molecular complexity index is 213. The summed E-state index contributed by atoms with van der Waals surface area (Å²) in [6.07, 6.45) is 6.18. The van der Waals surface area contributed by atoms with Crippen molar-refractivity contribution in [2.75, 3.05) is 26.4 Å². The Kier molecular flexibility index (Phi) is 7.20. The van der Waals surface area contributed by atoms with E-state index in [-0.39, 0.29) is 5.41 Å². The van der Waals surface area contributed by atoms with Crippen LogP contribution in [-0.4, -0.2) is 37.5 Å². The van der Waals surface area contributed by atoms with Crippen LogP contribution >= 0.6 is 0 Å². The van der Waals surface area contributed by atoms with Gasteiger partial charge in [0.15, 0.2) is 0 Å². The Morgan fingerprint density at radius 2 is 1.89 bits per heavy atom. The van der Waals surface area contributed by atoms with Crippen molar-refractivity contribution >= 4 is 0 Å². The number of rotatable bonds is 8. The van der Waals surface area contributed by atoms with Gasteiger partial charge in [-0.25, -0.2) is 0 Å². The summed E-state index contributed by atoms with van der Waals surface area (Å²) in [5.74, 6) is 0.566. The number of ether oxygens (including phenoxy) is 1. The fraction of sp³-hybridized carbons (Fsp3) is 1.00. The lowest BCUT2D eigenvalue weighted by Crippen LogP contribution is -2.46. The third-order valence-electron chi connectivity index (χ3n) is 4.30. The lowest BCUT2D eigenvalue weighted by atomic mass is 9.74. The van der Waals surface area contributed by atoms with Crippen molar-refractivity contribution in [3.8, 4) is 0 Å². The van der Waals surface area contributed by atoms with E-state index in [0.29, 0.717) is 18.6 Å². The molecule has 0 radical (unpaired) electrons. The SMILES string of the molecule is CCOCC(NCC1(CO)CCCCC1)C(C)C. The number of nitrogens with one attached hydrogen (secondary N) is 1. The van der Waals surface area contributed by atoms with Gasteiger partial charge in [0.25, 0.3) is 0 Å². The molecule has 1 saturated carbocycles. The van der Waals surface area contributed by atoms with Crippen LogP contribution in [0.3, 0.4) is 0 Å². The Morgan fingerprint density at radius 1 is 1.22 bits per heavy atom. The maximum Gasteiger partial charge on any atom is 0.0621 e. The molecule has 1 unspecified atom stereocenters. The molecule has 1 rings (SSSR count). The summed E-state index contributed by atoms with van der Waals surface area (Å²) in [5.41, 5.74) is 0.123. The van der Waals surface area contributed by atoms with Gasteiger partial charge in [-0.1, -0.05) is 33.1 Å². The average Bonchev–Trinajstić information content (AvgIpc) is 2.39. The third-order valence-corrected chi connectivity index (χ3v) is 4.30. The van der Waals surface area contributed by atoms with E-state index in [1.54, 1.807) is 0 Å². The van der Waals surface area contributed by atoms with Gasteiger partial charge in [0.05, 0.1) is 6.61 Å². The van der Waals surface area contributed by atoms with Crippen molar-refractivity contribution in [1.82, 2.24) is 5.32 Å². The molecule has 18 heavy (non-hydrogen) atoms. The van der Waals surface area contributed by atoms with Crippen LogP contribution in [-0.2, 0) is 4.74 Å². The van der Waals surface area contributed by atoms with Crippen LogP contribution in [0.4, 0.5) is 0 Å². The first-order chi connectivity index (χ1) is 8.63. The highest BCUT2D eigenvalue weighted by Gasteiger charge is 2.32. The number of hydrogen-bond acceptors (Lipinski definition) is 3. The Morgan fingerprint density at radius 3 is 2.39 bits per heavy atom. The summed E-state index contributed by atoms with van der Waals surface area (Å²) in [6.45, 7) is 9.28. The van der Waals surface area contributed by atoms with Crippen LogP contribution < -0.4 is 5.32 Å². The maximum absolute atomic E-state index is 9.70. The molecule has 108 valence electrons. The summed E-state index contributed by atoms with van der Waals surface area (Å²) < 4.78 is 5.54. The predicted molar refractivity (Wildman–Crippen MR) is 75.7 cm³/mol. The minimum absolute atomic E-state index is 0.123. The largest absolute Gasteiger partial charge is 0.396 e. The van der Waals surface area contributed by atoms with E-state index >= 15 is 0 Å². The highest BCUT2D eigenvalue weighted by Crippen LogP contribution is 2.35. The van der Waals surface area contributed by atoms with Gasteiger partial charge < -0.3 is 15.2 Å². The fourth-order valence-electron chi connectivity index (χ4n) is 2.77. The second-order valence-corrected chi connectivity index (χ2v) is 6.11. The first kappa shape index (κ1) is 15.9. The smallest absolute Gasteiger partial charge is 0.0621 e. The summed E-state index contributed by atoms with van der Waals surface area (Å²) >= 11 is 0. The molecule has 1 fully saturated rings. The zero-order valence-electron chi connectivity index (χ0n) is 12.4. The van der Waals surface area contributed by atoms with Gasteiger partial charge in [0, 0.05) is 31.2 Å². The molecule has 0 aromatic heterocycles. The standard InChI is InChI=1S/C15H31NO2/c1-4-18-10-14(13(2)3)16-11-15(12-17)8-6-5-7-9-15/h13-14,16-17H,4-12H2,1-3H3. The Hall–Kier alpha value is -0.120. The molecule has 3 nitrogen and oxygen atoms in total. The minimum atomic E-state index is 0.123. The van der Waals surface area contributed by atoms with Crippen LogP contribution in [0, 0.1) is 11.3 Å². The molecule has 0 bridgehead atoms. The Balaban J connectivity index is 2.43. The molecule has 0 aromatic carbocycles. The summed E-state index contributed by atoms with van der Waals surface area (Å²) in [7, 11) is 0. The summed E-state index contributed by atoms with van der Waals surface area (Å²) in [5, 5.41) is 13.3. The highest BCUT2D eigenvalue weighted by atomic mass is 16.5. The van der Waals surface area contributed by atoms with Gasteiger partial charge in [0.2, 0.25) is 0 Å². The molecule has 2 N–H and O–H groups in total. The first-order valence-electron chi connectivity index (χ1n) is 7.55. The van der Waals surface area contributed by atoms with Gasteiger partial charge in [-0.05, 0) is 25.7 Å². The van der Waals surface area contributed by atoms with E-state index in [2.05, 4.69) is 19.2 Å². The normalized spacial score (nSPS) is 21.2. The first-order valence-corrected chi connectivity index (χ1v) is 7.55. The van der Waals surface area contributed by atoms with E-state index in [1.165, 1.54) is 19.3 Å². The molecular formula is C15H31NO2. The number of aliphatic hydroxyl groups is 1. The van der Waals surface area contributed by atoms with Crippen molar-refractivity contribution < 1.29 is 9.84 Å². The van der Waals surface area contributed by atoms with Gasteiger partial charge in [0.1, 0.15) is 0 Å². The molecule has 1 aliphatic rings. The molecule has 3 heteroatoms. The van der Waals surface area contributed by atoms with E-state index in [4.69, 9.17) is 4.74 Å². The van der Waals surface area contributed by atoms with Crippen LogP contribution in [0.15, 0.2) is 0 Å². The number of hydrogen-bond donors (Lipinski definition) is 2. The minimum Gasteiger partial charge on any atom is -0.396 e. The lowest BCUT2D eigenvalue weighted by Gasteiger charge is -2.37. The molecule has 0 aromatic rings. The van der Waals surface area contributed by atoms with Gasteiger partial charge in [-0.15, -0.1) is 0 Å². The summed E-state index contributed by atoms with van der Waals surface area (Å²) in [4.78, 5) is 0. The molecule has 1 aliphatic carbocycles. The van der Waals surface area contributed by atoms with Crippen LogP contribution in [0.2, 0.25) is 0 Å². The highest BCUT2D eigenvalue weighted by molar-refractivity contribution is 4.86. The average molecular weight is 257 g/mol. The van der Waals surface area contributed by atoms with Crippen molar-refractivity contribution in [3.05, 3.63) is 0 Å². The van der Waals surface area contributed by atoms with Gasteiger partial charge in [-0.2, -0.15) is 0 Å². The van der Waals surface area contributed by atoms with Gasteiger partial charge in [-0.3, -0.25) is 0 Å². The van der Waals surface area contributed by atoms with Crippen LogP contribution in [0.25, 0.3) is 0 Å². The summed E-state index contributed by atoms with van der Waals surface area (Å²) in [6, 6.07) is 0.398. The van der Waals surface area contributed by atoms with Gasteiger partial charge >= 0.3 is 0 Å². The molecule has 1 atom stereocenters. The monoisotopic (exact) mass is 257 g/mol. The predicted octanol–water partition coefficient (Wildman–Crippen LogP) is 2.58. The second-order valence-electron chi connectivity index (χ2n) is 6.11. The van der Waals surface area contributed by atoms with E-state index in [0.717, 1.165) is 32.6 Å². The van der Waals surface area contributed by atoms with Crippen LogP contribution in [0.5, 0.6) is 0 Å². The van der Waals surface area contributed by atoms with Crippen molar-refractivity contribution in [2.45, 2.75) is 58.9 Å². The molecule has 0 spiro atoms. The third kappa shape index (κ3) is 4.87. The topological polar surface area (TPSA) is 41.5 Å². The van der Waals surface area contributed by atoms with E-state index in [1.807, 2.05) is 6.92 Å². The molecule has 0 saturated heterocycles. The van der Waals surface area contributed by atoms with Crippen LogP contribution in [0.1, 0.15) is 52.9 Å². The zero-order valence-corrected chi connectivity index (χ0v) is 12.4. The quantitative estimate of drug-likeness (QED) is 0.702. The van der Waals surface area contributed by atoms with E-state index < -0.39 is 0 Å². The second kappa shape index (κ2) is 8.13. The lowest BCUT2D eigenvalue weighted by molar-refractivity contribution is 0.0615. The van der Waals surface area contributed by atoms with Crippen molar-refractivity contribution in [2.24, 2.45) is 11.3 Å². The molecule has 0 heterocycles. The van der Waals surface area contributed by atoms with Crippen molar-refractivity contribution in [1.29, 1.82) is 0 Å². The molecular weight excluding hydrogens is 226 g/mol. The zero-order chi connectivity index (χ0) is 13.4. The maximum atomic E-state index is 9.70. The van der Waals surface area contributed by atoms with E-state index in [9.17, 15) is 5.11 Å². The van der Waals surface area contributed by atoms with Crippen molar-refractivity contribution in [3.63, 3.8) is 0 Å².